The molecule has 3 heterocycles. The summed E-state index contributed by atoms with van der Waals surface area (Å²) in [6, 6.07) is 2.23. The quantitative estimate of drug-likeness (QED) is 0.925. The lowest BCUT2D eigenvalue weighted by Crippen LogP contribution is -2.27. The number of hydrogen-bond donors (Lipinski definition) is 1. The van der Waals surface area contributed by atoms with Crippen molar-refractivity contribution in [1.29, 1.82) is 5.26 Å². The van der Waals surface area contributed by atoms with Crippen LogP contribution >= 0.6 is 0 Å². The molecule has 0 saturated carbocycles. The highest BCUT2D eigenvalue weighted by molar-refractivity contribution is 5.55. The van der Waals surface area contributed by atoms with Crippen molar-refractivity contribution in [2.45, 2.75) is 46.6 Å². The first-order valence-electron chi connectivity index (χ1n) is 8.02. The summed E-state index contributed by atoms with van der Waals surface area (Å²) < 4.78 is 2.23. The van der Waals surface area contributed by atoms with Crippen molar-refractivity contribution in [3.63, 3.8) is 0 Å². The number of aromatic nitrogens is 5. The number of anilines is 1. The van der Waals surface area contributed by atoms with E-state index in [0.717, 1.165) is 55.3 Å². The Labute approximate surface area is 135 Å². The normalized spacial score (nSPS) is 16.7. The van der Waals surface area contributed by atoms with E-state index in [4.69, 9.17) is 0 Å². The zero-order valence-electron chi connectivity index (χ0n) is 13.8. The van der Waals surface area contributed by atoms with Crippen LogP contribution in [0, 0.1) is 31.1 Å². The first kappa shape index (κ1) is 15.4. The summed E-state index contributed by atoms with van der Waals surface area (Å²) in [6.45, 7) is 7.56. The fourth-order valence-corrected chi connectivity index (χ4v) is 2.99. The summed E-state index contributed by atoms with van der Waals surface area (Å²) in [6.07, 6.45) is 2.91. The Morgan fingerprint density at radius 2 is 2.09 bits per heavy atom. The summed E-state index contributed by atoms with van der Waals surface area (Å²) >= 11 is 0. The Morgan fingerprint density at radius 3 is 2.83 bits per heavy atom. The molecule has 1 N–H and O–H groups in total. The maximum atomic E-state index is 9.35. The van der Waals surface area contributed by atoms with E-state index in [2.05, 4.69) is 43.3 Å². The van der Waals surface area contributed by atoms with Crippen LogP contribution in [-0.2, 0) is 19.4 Å². The maximum Gasteiger partial charge on any atom is 0.166 e. The third-order valence-electron chi connectivity index (χ3n) is 4.56. The van der Waals surface area contributed by atoms with Gasteiger partial charge in [-0.15, -0.1) is 15.3 Å². The van der Waals surface area contributed by atoms with Crippen LogP contribution in [0.25, 0.3) is 0 Å². The van der Waals surface area contributed by atoms with Gasteiger partial charge in [0.15, 0.2) is 5.82 Å². The van der Waals surface area contributed by atoms with Gasteiger partial charge in [0, 0.05) is 25.9 Å². The van der Waals surface area contributed by atoms with Gasteiger partial charge in [-0.1, -0.05) is 6.92 Å². The SMILES string of the molecule is CCc1nnc2n1CC(CNc1nnc(C)c(C)c1C#N)CC2. The Hall–Kier alpha value is -2.49. The van der Waals surface area contributed by atoms with Crippen LogP contribution < -0.4 is 5.32 Å². The summed E-state index contributed by atoms with van der Waals surface area (Å²) in [5.41, 5.74) is 2.28. The third kappa shape index (κ3) is 2.89. The van der Waals surface area contributed by atoms with Crippen molar-refractivity contribution >= 4 is 5.82 Å². The van der Waals surface area contributed by atoms with E-state index in [-0.39, 0.29) is 0 Å². The van der Waals surface area contributed by atoms with Crippen LogP contribution in [0.2, 0.25) is 0 Å². The predicted octanol–water partition coefficient (Wildman–Crippen LogP) is 1.79. The monoisotopic (exact) mass is 311 g/mol. The molecule has 2 aromatic rings. The smallest absolute Gasteiger partial charge is 0.166 e. The number of aryl methyl sites for hydroxylation is 3. The van der Waals surface area contributed by atoms with Gasteiger partial charge in [-0.2, -0.15) is 10.4 Å². The Morgan fingerprint density at radius 1 is 1.26 bits per heavy atom. The molecular weight excluding hydrogens is 290 g/mol. The van der Waals surface area contributed by atoms with Gasteiger partial charge in [0.05, 0.1) is 5.69 Å². The van der Waals surface area contributed by atoms with E-state index in [1.807, 2.05) is 13.8 Å². The number of nitrogens with one attached hydrogen (secondary N) is 1. The molecule has 0 amide bonds. The summed E-state index contributed by atoms with van der Waals surface area (Å²) in [7, 11) is 0. The van der Waals surface area contributed by atoms with Gasteiger partial charge in [-0.3, -0.25) is 0 Å². The molecule has 120 valence electrons. The van der Waals surface area contributed by atoms with E-state index in [1.165, 1.54) is 0 Å². The van der Waals surface area contributed by atoms with Crippen molar-refractivity contribution in [2.24, 2.45) is 5.92 Å². The topological polar surface area (TPSA) is 92.3 Å². The van der Waals surface area contributed by atoms with Crippen LogP contribution in [0.5, 0.6) is 0 Å². The van der Waals surface area contributed by atoms with Crippen molar-refractivity contribution in [2.75, 3.05) is 11.9 Å². The van der Waals surface area contributed by atoms with Gasteiger partial charge < -0.3 is 9.88 Å². The summed E-state index contributed by atoms with van der Waals surface area (Å²) in [4.78, 5) is 0. The second-order valence-corrected chi connectivity index (χ2v) is 6.03. The van der Waals surface area contributed by atoms with Gasteiger partial charge >= 0.3 is 0 Å². The first-order valence-corrected chi connectivity index (χ1v) is 8.02. The molecule has 0 aromatic carbocycles. The van der Waals surface area contributed by atoms with Crippen molar-refractivity contribution in [3.8, 4) is 6.07 Å². The molecule has 0 aliphatic carbocycles. The van der Waals surface area contributed by atoms with Crippen LogP contribution in [0.1, 0.15) is 41.8 Å². The van der Waals surface area contributed by atoms with E-state index < -0.39 is 0 Å². The number of nitriles is 1. The Bertz CT molecular complexity index is 743. The molecule has 7 nitrogen and oxygen atoms in total. The lowest BCUT2D eigenvalue weighted by atomic mass is 9.99. The molecule has 7 heteroatoms. The fraction of sp³-hybridized carbons (Fsp3) is 0.562. The minimum absolute atomic E-state index is 0.471. The van der Waals surface area contributed by atoms with Crippen molar-refractivity contribution in [3.05, 3.63) is 28.5 Å². The molecular formula is C16H21N7. The molecule has 1 unspecified atom stereocenters. The van der Waals surface area contributed by atoms with Crippen LogP contribution in [-0.4, -0.2) is 31.5 Å². The van der Waals surface area contributed by atoms with Crippen molar-refractivity contribution < 1.29 is 0 Å². The highest BCUT2D eigenvalue weighted by Gasteiger charge is 2.22. The standard InChI is InChI=1S/C16H21N7/c1-4-14-20-21-15-6-5-12(9-23(14)15)8-18-16-13(7-17)10(2)11(3)19-22-16/h12H,4-6,8-9H2,1-3H3,(H,18,22). The predicted molar refractivity (Wildman–Crippen MR) is 85.9 cm³/mol. The summed E-state index contributed by atoms with van der Waals surface area (Å²) in [5.74, 6) is 3.19. The van der Waals surface area contributed by atoms with Gasteiger partial charge in [-0.05, 0) is 31.7 Å². The van der Waals surface area contributed by atoms with E-state index >= 15 is 0 Å². The van der Waals surface area contributed by atoms with E-state index in [1.54, 1.807) is 0 Å². The molecule has 1 atom stereocenters. The van der Waals surface area contributed by atoms with E-state index in [9.17, 15) is 5.26 Å². The number of fused-ring (bicyclic) bond motifs is 1. The zero-order chi connectivity index (χ0) is 16.4. The Balaban J connectivity index is 1.71. The second-order valence-electron chi connectivity index (χ2n) is 6.03. The number of nitrogens with zero attached hydrogens (tertiary/aromatic N) is 6. The van der Waals surface area contributed by atoms with Crippen LogP contribution in [0.15, 0.2) is 0 Å². The van der Waals surface area contributed by atoms with Crippen LogP contribution in [0.4, 0.5) is 5.82 Å². The average molecular weight is 311 g/mol. The molecule has 3 rings (SSSR count). The molecule has 0 radical (unpaired) electrons. The van der Waals surface area contributed by atoms with E-state index in [0.29, 0.717) is 17.3 Å². The average Bonchev–Trinajstić information content (AvgIpc) is 2.98. The molecule has 1 aliphatic rings. The number of rotatable bonds is 4. The molecule has 0 bridgehead atoms. The maximum absolute atomic E-state index is 9.35. The zero-order valence-corrected chi connectivity index (χ0v) is 13.8. The largest absolute Gasteiger partial charge is 0.367 e. The molecule has 1 aliphatic heterocycles. The minimum Gasteiger partial charge on any atom is -0.367 e. The fourth-order valence-electron chi connectivity index (χ4n) is 2.99. The summed E-state index contributed by atoms with van der Waals surface area (Å²) in [5, 5.41) is 29.4. The number of hydrogen-bond acceptors (Lipinski definition) is 6. The lowest BCUT2D eigenvalue weighted by Gasteiger charge is -2.24. The van der Waals surface area contributed by atoms with Crippen LogP contribution in [0.3, 0.4) is 0 Å². The van der Waals surface area contributed by atoms with Gasteiger partial charge in [0.2, 0.25) is 0 Å². The van der Waals surface area contributed by atoms with Gasteiger partial charge in [-0.25, -0.2) is 0 Å². The molecule has 0 fully saturated rings. The minimum atomic E-state index is 0.471. The van der Waals surface area contributed by atoms with Gasteiger partial charge in [0.25, 0.3) is 0 Å². The second kappa shape index (κ2) is 6.32. The first-order chi connectivity index (χ1) is 11.1. The third-order valence-corrected chi connectivity index (χ3v) is 4.56. The molecule has 0 spiro atoms. The molecule has 2 aromatic heterocycles. The molecule has 0 saturated heterocycles. The lowest BCUT2D eigenvalue weighted by molar-refractivity contribution is 0.374. The van der Waals surface area contributed by atoms with Gasteiger partial charge in [0.1, 0.15) is 23.3 Å². The highest BCUT2D eigenvalue weighted by atomic mass is 15.3. The highest BCUT2D eigenvalue weighted by Crippen LogP contribution is 2.22. The molecule has 23 heavy (non-hydrogen) atoms. The van der Waals surface area contributed by atoms with Crippen molar-refractivity contribution in [1.82, 2.24) is 25.0 Å². The Kier molecular flexibility index (Phi) is 4.24.